The Hall–Kier alpha value is -1.65. The van der Waals surface area contributed by atoms with Crippen LogP contribution in [-0.4, -0.2) is 29.5 Å². The molecule has 0 saturated carbocycles. The Kier molecular flexibility index (Phi) is 4.36. The van der Waals surface area contributed by atoms with Crippen molar-refractivity contribution >= 4 is 0 Å². The molecule has 0 amide bonds. The molecular weight excluding hydrogens is 262 g/mol. The van der Waals surface area contributed by atoms with Crippen molar-refractivity contribution in [3.8, 4) is 5.69 Å². The number of nitrogens with one attached hydrogen (secondary N) is 1. The Morgan fingerprint density at radius 2 is 2.19 bits per heavy atom. The zero-order chi connectivity index (χ0) is 14.7. The first kappa shape index (κ1) is 14.3. The number of hydrogen-bond donors (Lipinski definition) is 1. The number of para-hydroxylation sites is 1. The fourth-order valence-corrected chi connectivity index (χ4v) is 3.31. The summed E-state index contributed by atoms with van der Waals surface area (Å²) in [5.41, 5.74) is 2.32. The van der Waals surface area contributed by atoms with Crippen molar-refractivity contribution < 1.29 is 4.74 Å². The fourth-order valence-electron chi connectivity index (χ4n) is 3.31. The normalized spacial score (nSPS) is 23.3. The number of aromatic nitrogens is 2. The van der Waals surface area contributed by atoms with Crippen molar-refractivity contribution in [3.63, 3.8) is 0 Å². The van der Waals surface area contributed by atoms with Crippen LogP contribution in [0.25, 0.3) is 5.69 Å². The third-order valence-electron chi connectivity index (χ3n) is 4.38. The van der Waals surface area contributed by atoms with E-state index in [-0.39, 0.29) is 0 Å². The van der Waals surface area contributed by atoms with Gasteiger partial charge in [-0.2, -0.15) is 5.10 Å². The monoisotopic (exact) mass is 285 g/mol. The predicted octanol–water partition coefficient (Wildman–Crippen LogP) is 2.95. The second kappa shape index (κ2) is 6.41. The van der Waals surface area contributed by atoms with Crippen molar-refractivity contribution in [2.75, 3.05) is 13.7 Å². The molecule has 112 valence electrons. The Bertz CT molecular complexity index is 566. The van der Waals surface area contributed by atoms with E-state index in [0.29, 0.717) is 18.1 Å². The van der Waals surface area contributed by atoms with Crippen molar-refractivity contribution in [2.24, 2.45) is 5.92 Å². The van der Waals surface area contributed by atoms with Crippen molar-refractivity contribution in [1.82, 2.24) is 15.1 Å². The predicted molar refractivity (Wildman–Crippen MR) is 83.5 cm³/mol. The maximum Gasteiger partial charge on any atom is 0.0645 e. The summed E-state index contributed by atoms with van der Waals surface area (Å²) in [5.74, 6) is 0.522. The van der Waals surface area contributed by atoms with Gasteiger partial charge in [-0.25, -0.2) is 4.68 Å². The van der Waals surface area contributed by atoms with Crippen LogP contribution in [0.4, 0.5) is 0 Å². The topological polar surface area (TPSA) is 39.1 Å². The summed E-state index contributed by atoms with van der Waals surface area (Å²) in [6.07, 6.45) is 6.62. The molecule has 0 bridgehead atoms. The van der Waals surface area contributed by atoms with Crippen LogP contribution in [0.15, 0.2) is 42.7 Å². The average Bonchev–Trinajstić information content (AvgIpc) is 3.19. The van der Waals surface area contributed by atoms with E-state index < -0.39 is 0 Å². The SMILES string of the molecule is CCC1OCCC1C(NC)c1cnn(-c2ccccc2)c1. The van der Waals surface area contributed by atoms with Gasteiger partial charge in [-0.15, -0.1) is 0 Å². The molecule has 2 aromatic rings. The van der Waals surface area contributed by atoms with E-state index in [0.717, 1.165) is 25.1 Å². The van der Waals surface area contributed by atoms with Gasteiger partial charge < -0.3 is 10.1 Å². The molecule has 1 fully saturated rings. The van der Waals surface area contributed by atoms with Crippen LogP contribution in [0.5, 0.6) is 0 Å². The van der Waals surface area contributed by atoms with Gasteiger partial charge in [-0.1, -0.05) is 25.1 Å². The molecule has 1 aromatic carbocycles. The minimum Gasteiger partial charge on any atom is -0.378 e. The van der Waals surface area contributed by atoms with E-state index in [1.807, 2.05) is 36.1 Å². The number of rotatable bonds is 5. The zero-order valence-corrected chi connectivity index (χ0v) is 12.7. The molecule has 1 aromatic heterocycles. The summed E-state index contributed by atoms with van der Waals surface area (Å²) in [4.78, 5) is 0. The van der Waals surface area contributed by atoms with E-state index in [9.17, 15) is 0 Å². The van der Waals surface area contributed by atoms with Crippen LogP contribution in [0.2, 0.25) is 0 Å². The van der Waals surface area contributed by atoms with Crippen LogP contribution in [0.3, 0.4) is 0 Å². The van der Waals surface area contributed by atoms with Gasteiger partial charge in [0.15, 0.2) is 0 Å². The lowest BCUT2D eigenvalue weighted by Crippen LogP contribution is -2.30. The second-order valence-corrected chi connectivity index (χ2v) is 5.59. The maximum absolute atomic E-state index is 5.84. The number of benzene rings is 1. The molecule has 0 aliphatic carbocycles. The third-order valence-corrected chi connectivity index (χ3v) is 4.38. The van der Waals surface area contributed by atoms with Crippen LogP contribution >= 0.6 is 0 Å². The highest BCUT2D eigenvalue weighted by atomic mass is 16.5. The van der Waals surface area contributed by atoms with E-state index in [2.05, 4.69) is 35.7 Å². The standard InChI is InChI=1S/C17H23N3O/c1-3-16-15(9-10-21-16)17(18-2)13-11-19-20(12-13)14-7-5-4-6-8-14/h4-8,11-12,15-18H,3,9-10H2,1-2H3. The van der Waals surface area contributed by atoms with Gasteiger partial charge in [-0.3, -0.25) is 0 Å². The van der Waals surface area contributed by atoms with E-state index in [4.69, 9.17) is 4.74 Å². The molecule has 1 saturated heterocycles. The molecule has 4 heteroatoms. The van der Waals surface area contributed by atoms with Gasteiger partial charge in [0.25, 0.3) is 0 Å². The fraction of sp³-hybridized carbons (Fsp3) is 0.471. The van der Waals surface area contributed by atoms with Crippen molar-refractivity contribution in [3.05, 3.63) is 48.3 Å². The van der Waals surface area contributed by atoms with Gasteiger partial charge in [0.2, 0.25) is 0 Å². The largest absolute Gasteiger partial charge is 0.378 e. The van der Waals surface area contributed by atoms with Crippen LogP contribution in [-0.2, 0) is 4.74 Å². The first-order chi connectivity index (χ1) is 10.3. The smallest absolute Gasteiger partial charge is 0.0645 e. The lowest BCUT2D eigenvalue weighted by Gasteiger charge is -2.25. The Labute approximate surface area is 126 Å². The molecule has 3 rings (SSSR count). The Morgan fingerprint density at radius 1 is 1.38 bits per heavy atom. The Balaban J connectivity index is 1.84. The number of nitrogens with zero attached hydrogens (tertiary/aromatic N) is 2. The molecule has 4 nitrogen and oxygen atoms in total. The summed E-state index contributed by atoms with van der Waals surface area (Å²) in [7, 11) is 2.02. The summed E-state index contributed by atoms with van der Waals surface area (Å²) in [6, 6.07) is 10.5. The summed E-state index contributed by atoms with van der Waals surface area (Å²) >= 11 is 0. The van der Waals surface area contributed by atoms with Crippen molar-refractivity contribution in [1.29, 1.82) is 0 Å². The molecule has 1 aliphatic rings. The van der Waals surface area contributed by atoms with Crippen molar-refractivity contribution in [2.45, 2.75) is 31.9 Å². The highest BCUT2D eigenvalue weighted by Crippen LogP contribution is 2.34. The minimum atomic E-state index is 0.301. The average molecular weight is 285 g/mol. The Morgan fingerprint density at radius 3 is 2.90 bits per heavy atom. The van der Waals surface area contributed by atoms with Crippen LogP contribution in [0.1, 0.15) is 31.4 Å². The quantitative estimate of drug-likeness (QED) is 0.918. The first-order valence-electron chi connectivity index (χ1n) is 7.72. The molecule has 1 aliphatic heterocycles. The van der Waals surface area contributed by atoms with Gasteiger partial charge in [-0.05, 0) is 32.0 Å². The minimum absolute atomic E-state index is 0.301. The first-order valence-corrected chi connectivity index (χ1v) is 7.72. The number of ether oxygens (including phenoxy) is 1. The summed E-state index contributed by atoms with van der Waals surface area (Å²) < 4.78 is 7.78. The highest BCUT2D eigenvalue weighted by molar-refractivity contribution is 5.31. The van der Waals surface area contributed by atoms with Crippen LogP contribution < -0.4 is 5.32 Å². The molecule has 3 unspecified atom stereocenters. The van der Waals surface area contributed by atoms with Crippen LogP contribution in [0, 0.1) is 5.92 Å². The zero-order valence-electron chi connectivity index (χ0n) is 12.7. The van der Waals surface area contributed by atoms with Gasteiger partial charge in [0.1, 0.15) is 0 Å². The van der Waals surface area contributed by atoms with Gasteiger partial charge >= 0.3 is 0 Å². The van der Waals surface area contributed by atoms with E-state index in [1.54, 1.807) is 0 Å². The van der Waals surface area contributed by atoms with E-state index >= 15 is 0 Å². The molecule has 3 atom stereocenters. The van der Waals surface area contributed by atoms with Gasteiger partial charge in [0.05, 0.1) is 18.0 Å². The van der Waals surface area contributed by atoms with Gasteiger partial charge in [0, 0.05) is 30.3 Å². The molecule has 2 heterocycles. The lowest BCUT2D eigenvalue weighted by molar-refractivity contribution is 0.0782. The summed E-state index contributed by atoms with van der Waals surface area (Å²) in [6.45, 7) is 3.07. The third kappa shape index (κ3) is 2.87. The second-order valence-electron chi connectivity index (χ2n) is 5.59. The molecule has 0 radical (unpaired) electrons. The highest BCUT2D eigenvalue weighted by Gasteiger charge is 2.34. The molecule has 21 heavy (non-hydrogen) atoms. The molecule has 1 N–H and O–H groups in total. The van der Waals surface area contributed by atoms with E-state index in [1.165, 1.54) is 5.56 Å². The summed E-state index contributed by atoms with van der Waals surface area (Å²) in [5, 5.41) is 7.97. The molecular formula is C17H23N3O. The lowest BCUT2D eigenvalue weighted by atomic mass is 9.88. The maximum atomic E-state index is 5.84. The molecule has 0 spiro atoms. The number of hydrogen-bond acceptors (Lipinski definition) is 3.